The highest BCUT2D eigenvalue weighted by molar-refractivity contribution is 5.82. The molecule has 0 aromatic heterocycles. The average molecular weight is 359 g/mol. The van der Waals surface area contributed by atoms with Crippen molar-refractivity contribution in [2.45, 2.75) is 32.6 Å². The summed E-state index contributed by atoms with van der Waals surface area (Å²) in [6.45, 7) is 2.80. The van der Waals surface area contributed by atoms with Crippen molar-refractivity contribution in [2.24, 2.45) is 4.99 Å². The smallest absolute Gasteiger partial charge is 0.119 e. The van der Waals surface area contributed by atoms with Crippen LogP contribution in [0.1, 0.15) is 43.7 Å². The van der Waals surface area contributed by atoms with Crippen molar-refractivity contribution in [3.8, 4) is 29.4 Å². The Bertz CT molecular complexity index is 828. The number of ether oxygens (including phenoxy) is 1. The summed E-state index contributed by atoms with van der Waals surface area (Å²) in [6.07, 6.45) is 6.65. The minimum Gasteiger partial charge on any atom is -0.494 e. The third kappa shape index (κ3) is 8.27. The van der Waals surface area contributed by atoms with E-state index in [0.717, 1.165) is 35.6 Å². The molecule has 0 spiro atoms. The molecule has 3 heteroatoms. The Morgan fingerprint density at radius 2 is 1.74 bits per heavy atom. The van der Waals surface area contributed by atoms with Gasteiger partial charge in [0.25, 0.3) is 0 Å². The zero-order valence-electron chi connectivity index (χ0n) is 15.7. The topological polar surface area (TPSA) is 41.8 Å². The van der Waals surface area contributed by atoms with Gasteiger partial charge < -0.3 is 9.84 Å². The van der Waals surface area contributed by atoms with Gasteiger partial charge in [0.2, 0.25) is 0 Å². The van der Waals surface area contributed by atoms with Gasteiger partial charge >= 0.3 is 0 Å². The first-order valence-corrected chi connectivity index (χ1v) is 9.28. The number of aliphatic hydroxyl groups excluding tert-OH is 1. The summed E-state index contributed by atoms with van der Waals surface area (Å²) in [6, 6.07) is 15.6. The summed E-state index contributed by atoms with van der Waals surface area (Å²) in [4.78, 5) is 4.49. The second-order valence-electron chi connectivity index (χ2n) is 5.99. The molecule has 1 N–H and O–H groups in total. The SMILES string of the molecule is CCCCCCOc1ccc(N=Cc2ccc(C#CC#CCO)cc2)cc1. The van der Waals surface area contributed by atoms with Gasteiger partial charge in [0.15, 0.2) is 0 Å². The molecular weight excluding hydrogens is 334 g/mol. The lowest BCUT2D eigenvalue weighted by molar-refractivity contribution is 0.305. The second kappa shape index (κ2) is 12.4. The summed E-state index contributed by atoms with van der Waals surface area (Å²) in [5, 5.41) is 8.57. The number of unbranched alkanes of at least 4 members (excludes halogenated alkanes) is 3. The number of hydrogen-bond donors (Lipinski definition) is 1. The molecule has 3 nitrogen and oxygen atoms in total. The molecule has 0 saturated heterocycles. The molecule has 0 bridgehead atoms. The fraction of sp³-hybridized carbons (Fsp3) is 0.292. The predicted molar refractivity (Wildman–Crippen MR) is 112 cm³/mol. The number of rotatable bonds is 8. The van der Waals surface area contributed by atoms with E-state index in [-0.39, 0.29) is 6.61 Å². The highest BCUT2D eigenvalue weighted by Gasteiger charge is 1.95. The summed E-state index contributed by atoms with van der Waals surface area (Å²) < 4.78 is 5.74. The van der Waals surface area contributed by atoms with E-state index >= 15 is 0 Å². The molecule has 2 aromatic carbocycles. The van der Waals surface area contributed by atoms with Gasteiger partial charge in [-0.15, -0.1) is 0 Å². The minimum absolute atomic E-state index is 0.170. The van der Waals surface area contributed by atoms with E-state index in [1.54, 1.807) is 0 Å². The van der Waals surface area contributed by atoms with Crippen molar-refractivity contribution in [2.75, 3.05) is 13.2 Å². The van der Waals surface area contributed by atoms with Crippen LogP contribution >= 0.6 is 0 Å². The zero-order valence-corrected chi connectivity index (χ0v) is 15.7. The van der Waals surface area contributed by atoms with Gasteiger partial charge in [0.1, 0.15) is 12.4 Å². The normalized spacial score (nSPS) is 10.0. The number of benzene rings is 2. The maximum Gasteiger partial charge on any atom is 0.119 e. The summed E-state index contributed by atoms with van der Waals surface area (Å²) in [5.41, 5.74) is 2.76. The molecule has 0 radical (unpaired) electrons. The Hall–Kier alpha value is -3.01. The van der Waals surface area contributed by atoms with E-state index in [1.165, 1.54) is 19.3 Å². The molecule has 0 amide bonds. The number of aliphatic imine (C=N–C) groups is 1. The number of nitrogens with zero attached hydrogens (tertiary/aromatic N) is 1. The average Bonchev–Trinajstić information content (AvgIpc) is 2.71. The van der Waals surface area contributed by atoms with Crippen molar-refractivity contribution in [1.82, 2.24) is 0 Å². The highest BCUT2D eigenvalue weighted by Crippen LogP contribution is 2.18. The van der Waals surface area contributed by atoms with Crippen LogP contribution in [0.25, 0.3) is 0 Å². The third-order valence-corrected chi connectivity index (χ3v) is 3.81. The largest absolute Gasteiger partial charge is 0.494 e. The molecule has 0 saturated carbocycles. The zero-order chi connectivity index (χ0) is 19.2. The first-order valence-electron chi connectivity index (χ1n) is 9.28. The quantitative estimate of drug-likeness (QED) is 0.420. The first-order chi connectivity index (χ1) is 13.3. The van der Waals surface area contributed by atoms with Crippen molar-refractivity contribution >= 4 is 11.9 Å². The van der Waals surface area contributed by atoms with Gasteiger partial charge in [-0.1, -0.05) is 50.2 Å². The monoisotopic (exact) mass is 359 g/mol. The van der Waals surface area contributed by atoms with E-state index in [1.807, 2.05) is 54.7 Å². The van der Waals surface area contributed by atoms with Gasteiger partial charge in [-0.3, -0.25) is 4.99 Å². The summed E-state index contributed by atoms with van der Waals surface area (Å²) >= 11 is 0. The Kier molecular flexibility index (Phi) is 9.29. The maximum atomic E-state index is 8.57. The fourth-order valence-corrected chi connectivity index (χ4v) is 2.34. The Labute approximate surface area is 162 Å². The Balaban J connectivity index is 1.85. The molecule has 2 aromatic rings. The van der Waals surface area contributed by atoms with Crippen LogP contribution in [0.3, 0.4) is 0 Å². The van der Waals surface area contributed by atoms with Gasteiger partial charge in [-0.05, 0) is 60.2 Å². The number of hydrogen-bond acceptors (Lipinski definition) is 3. The molecule has 0 atom stereocenters. The Morgan fingerprint density at radius 1 is 0.963 bits per heavy atom. The minimum atomic E-state index is -0.170. The first kappa shape index (κ1) is 20.3. The lowest BCUT2D eigenvalue weighted by Crippen LogP contribution is -1.96. The molecule has 0 aliphatic carbocycles. The molecule has 0 fully saturated rings. The van der Waals surface area contributed by atoms with Crippen LogP contribution in [-0.2, 0) is 0 Å². The Morgan fingerprint density at radius 3 is 2.44 bits per heavy atom. The predicted octanol–water partition coefficient (Wildman–Crippen LogP) is 4.74. The van der Waals surface area contributed by atoms with E-state index in [9.17, 15) is 0 Å². The van der Waals surface area contributed by atoms with Gasteiger partial charge in [-0.25, -0.2) is 0 Å². The van der Waals surface area contributed by atoms with Crippen molar-refractivity contribution in [3.05, 3.63) is 59.7 Å². The van der Waals surface area contributed by atoms with Crippen molar-refractivity contribution in [1.29, 1.82) is 0 Å². The molecule has 0 aliphatic rings. The van der Waals surface area contributed by atoms with E-state index in [2.05, 4.69) is 35.6 Å². The van der Waals surface area contributed by atoms with Crippen LogP contribution < -0.4 is 4.74 Å². The standard InChI is InChI=1S/C24H25NO2/c1-2-3-4-8-19-27-24-16-14-23(15-17-24)25-20-22-12-10-21(11-13-22)9-6-5-7-18-26/h10-17,20,26H,2-4,8,18-19H2,1H3. The molecule has 0 heterocycles. The van der Waals surface area contributed by atoms with Crippen LogP contribution in [0.4, 0.5) is 5.69 Å². The van der Waals surface area contributed by atoms with Crippen molar-refractivity contribution < 1.29 is 9.84 Å². The molecular formula is C24H25NO2. The van der Waals surface area contributed by atoms with Crippen molar-refractivity contribution in [3.63, 3.8) is 0 Å². The van der Waals surface area contributed by atoms with Crippen LogP contribution in [0.2, 0.25) is 0 Å². The maximum absolute atomic E-state index is 8.57. The molecule has 0 aliphatic heterocycles. The summed E-state index contributed by atoms with van der Waals surface area (Å²) in [7, 11) is 0. The van der Waals surface area contributed by atoms with E-state index in [0.29, 0.717) is 0 Å². The van der Waals surface area contributed by atoms with E-state index < -0.39 is 0 Å². The summed E-state index contributed by atoms with van der Waals surface area (Å²) in [5.74, 6) is 11.6. The van der Waals surface area contributed by atoms with Crippen LogP contribution in [-0.4, -0.2) is 24.5 Å². The van der Waals surface area contributed by atoms with Crippen LogP contribution in [0.15, 0.2) is 53.5 Å². The van der Waals surface area contributed by atoms with Gasteiger partial charge in [0, 0.05) is 11.8 Å². The van der Waals surface area contributed by atoms with Gasteiger partial charge in [0.05, 0.1) is 12.3 Å². The third-order valence-electron chi connectivity index (χ3n) is 3.81. The van der Waals surface area contributed by atoms with Crippen LogP contribution in [0, 0.1) is 23.7 Å². The lowest BCUT2D eigenvalue weighted by Gasteiger charge is -2.05. The number of aliphatic hydroxyl groups is 1. The van der Waals surface area contributed by atoms with Crippen LogP contribution in [0.5, 0.6) is 5.75 Å². The van der Waals surface area contributed by atoms with E-state index in [4.69, 9.17) is 9.84 Å². The lowest BCUT2D eigenvalue weighted by atomic mass is 10.1. The molecule has 0 unspecified atom stereocenters. The molecule has 2 rings (SSSR count). The second-order valence-corrected chi connectivity index (χ2v) is 5.99. The fourth-order valence-electron chi connectivity index (χ4n) is 2.34. The highest BCUT2D eigenvalue weighted by atomic mass is 16.5. The molecule has 138 valence electrons. The molecule has 27 heavy (non-hydrogen) atoms. The van der Waals surface area contributed by atoms with Gasteiger partial charge in [-0.2, -0.15) is 0 Å².